The highest BCUT2D eigenvalue weighted by Gasteiger charge is 2.16. The summed E-state index contributed by atoms with van der Waals surface area (Å²) in [5.74, 6) is 0.182. The fourth-order valence-corrected chi connectivity index (χ4v) is 2.25. The van der Waals surface area contributed by atoms with Crippen LogP contribution in [0.15, 0.2) is 30.6 Å². The molecule has 2 aromatic rings. The van der Waals surface area contributed by atoms with Crippen molar-refractivity contribution in [1.29, 1.82) is 0 Å². The quantitative estimate of drug-likeness (QED) is 0.867. The first-order valence-corrected chi connectivity index (χ1v) is 6.64. The van der Waals surface area contributed by atoms with E-state index in [-0.39, 0.29) is 18.3 Å². The number of nitrogens with zero attached hydrogens (tertiary/aromatic N) is 5. The average molecular weight is 309 g/mol. The topological polar surface area (TPSA) is 75.9 Å². The van der Waals surface area contributed by atoms with Crippen molar-refractivity contribution in [3.05, 3.63) is 36.2 Å². The van der Waals surface area contributed by atoms with Crippen LogP contribution in [0.25, 0.3) is 5.69 Å². The summed E-state index contributed by atoms with van der Waals surface area (Å²) in [5, 5.41) is 14.3. The Morgan fingerprint density at radius 1 is 1.19 bits per heavy atom. The standard InChI is InChI=1S/C13H16N6O.ClH/c20-13(18-7-5-14-6-8-18)9-11-1-3-12(4-2-11)19-10-15-16-17-19;/h1-4,10,14H,5-9H2;1H. The second kappa shape index (κ2) is 7.14. The lowest BCUT2D eigenvalue weighted by Gasteiger charge is -2.27. The van der Waals surface area contributed by atoms with E-state index in [1.165, 1.54) is 0 Å². The molecule has 1 N–H and O–H groups in total. The second-order valence-electron chi connectivity index (χ2n) is 4.73. The van der Waals surface area contributed by atoms with Crippen molar-refractivity contribution in [2.24, 2.45) is 0 Å². The van der Waals surface area contributed by atoms with Gasteiger partial charge in [0, 0.05) is 26.2 Å². The van der Waals surface area contributed by atoms with Crippen molar-refractivity contribution >= 4 is 18.3 Å². The molecule has 1 aliphatic heterocycles. The van der Waals surface area contributed by atoms with Crippen LogP contribution in [0, 0.1) is 0 Å². The predicted octanol–water partition coefficient (Wildman–Crippen LogP) is 0.0584. The van der Waals surface area contributed by atoms with Crippen LogP contribution in [0.3, 0.4) is 0 Å². The Balaban J connectivity index is 0.00000161. The molecule has 2 heterocycles. The smallest absolute Gasteiger partial charge is 0.227 e. The van der Waals surface area contributed by atoms with Gasteiger partial charge in [0.05, 0.1) is 12.1 Å². The Hall–Kier alpha value is -1.99. The molecule has 1 aromatic heterocycles. The molecule has 21 heavy (non-hydrogen) atoms. The first kappa shape index (κ1) is 15.4. The van der Waals surface area contributed by atoms with Crippen LogP contribution in [-0.2, 0) is 11.2 Å². The van der Waals surface area contributed by atoms with Gasteiger partial charge in [0.1, 0.15) is 6.33 Å². The van der Waals surface area contributed by atoms with Gasteiger partial charge in [-0.3, -0.25) is 4.79 Å². The van der Waals surface area contributed by atoms with Crippen molar-refractivity contribution < 1.29 is 4.79 Å². The lowest BCUT2D eigenvalue weighted by molar-refractivity contribution is -0.131. The first-order valence-electron chi connectivity index (χ1n) is 6.64. The van der Waals surface area contributed by atoms with Gasteiger partial charge in [-0.15, -0.1) is 17.5 Å². The molecule has 1 fully saturated rings. The molecule has 3 rings (SSSR count). The molecule has 1 saturated heterocycles. The van der Waals surface area contributed by atoms with Gasteiger partial charge in [-0.2, -0.15) is 0 Å². The highest BCUT2D eigenvalue weighted by molar-refractivity contribution is 5.85. The van der Waals surface area contributed by atoms with E-state index in [9.17, 15) is 4.79 Å². The van der Waals surface area contributed by atoms with Crippen LogP contribution in [0.4, 0.5) is 0 Å². The zero-order valence-corrected chi connectivity index (χ0v) is 12.3. The molecule has 0 saturated carbocycles. The van der Waals surface area contributed by atoms with Gasteiger partial charge in [0.15, 0.2) is 0 Å². The fraction of sp³-hybridized carbons (Fsp3) is 0.385. The number of rotatable bonds is 3. The average Bonchev–Trinajstić information content (AvgIpc) is 3.03. The van der Waals surface area contributed by atoms with Crippen molar-refractivity contribution in [3.8, 4) is 5.69 Å². The van der Waals surface area contributed by atoms with E-state index in [4.69, 9.17) is 0 Å². The Morgan fingerprint density at radius 2 is 1.90 bits per heavy atom. The van der Waals surface area contributed by atoms with Gasteiger partial charge in [-0.25, -0.2) is 4.68 Å². The summed E-state index contributed by atoms with van der Waals surface area (Å²) in [6, 6.07) is 7.71. The normalized spacial score (nSPS) is 14.6. The molecule has 1 amide bonds. The molecule has 112 valence electrons. The number of hydrogen-bond donors (Lipinski definition) is 1. The second-order valence-corrected chi connectivity index (χ2v) is 4.73. The maximum atomic E-state index is 12.1. The molecule has 7 nitrogen and oxygen atoms in total. The number of amides is 1. The largest absolute Gasteiger partial charge is 0.340 e. The third kappa shape index (κ3) is 3.77. The number of nitrogens with one attached hydrogen (secondary N) is 1. The summed E-state index contributed by atoms with van der Waals surface area (Å²) >= 11 is 0. The zero-order chi connectivity index (χ0) is 13.8. The van der Waals surface area contributed by atoms with Crippen molar-refractivity contribution in [1.82, 2.24) is 30.4 Å². The molecule has 0 spiro atoms. The number of halogens is 1. The van der Waals surface area contributed by atoms with E-state index in [2.05, 4.69) is 20.8 Å². The van der Waals surface area contributed by atoms with Crippen LogP contribution in [0.5, 0.6) is 0 Å². The summed E-state index contributed by atoms with van der Waals surface area (Å²) in [5.41, 5.74) is 1.89. The number of hydrogen-bond acceptors (Lipinski definition) is 5. The number of piperazine rings is 1. The Labute approximate surface area is 128 Å². The molecule has 0 unspecified atom stereocenters. The Morgan fingerprint density at radius 3 is 2.52 bits per heavy atom. The van der Waals surface area contributed by atoms with E-state index in [1.54, 1.807) is 11.0 Å². The van der Waals surface area contributed by atoms with Crippen LogP contribution >= 0.6 is 12.4 Å². The molecule has 1 aromatic carbocycles. The number of carbonyl (C=O) groups is 1. The van der Waals surface area contributed by atoms with Gasteiger partial charge in [0.2, 0.25) is 5.91 Å². The molecule has 0 bridgehead atoms. The monoisotopic (exact) mass is 308 g/mol. The molecule has 0 atom stereocenters. The van der Waals surface area contributed by atoms with Crippen LogP contribution in [0.1, 0.15) is 5.56 Å². The lowest BCUT2D eigenvalue weighted by atomic mass is 10.1. The van der Waals surface area contributed by atoms with E-state index in [1.807, 2.05) is 29.2 Å². The first-order chi connectivity index (χ1) is 9.83. The van der Waals surface area contributed by atoms with Gasteiger partial charge < -0.3 is 10.2 Å². The maximum Gasteiger partial charge on any atom is 0.227 e. The maximum absolute atomic E-state index is 12.1. The van der Waals surface area contributed by atoms with E-state index >= 15 is 0 Å². The SMILES string of the molecule is Cl.O=C(Cc1ccc(-n2cnnn2)cc1)N1CCNCC1. The van der Waals surface area contributed by atoms with Gasteiger partial charge in [0.25, 0.3) is 0 Å². The van der Waals surface area contributed by atoms with Gasteiger partial charge in [-0.1, -0.05) is 12.1 Å². The summed E-state index contributed by atoms with van der Waals surface area (Å²) in [6.45, 7) is 3.34. The summed E-state index contributed by atoms with van der Waals surface area (Å²) in [4.78, 5) is 14.1. The molecule has 1 aliphatic rings. The highest BCUT2D eigenvalue weighted by atomic mass is 35.5. The van der Waals surface area contributed by atoms with E-state index in [0.717, 1.165) is 37.4 Å². The minimum atomic E-state index is 0. The lowest BCUT2D eigenvalue weighted by Crippen LogP contribution is -2.46. The van der Waals surface area contributed by atoms with Crippen LogP contribution in [0.2, 0.25) is 0 Å². The number of aromatic nitrogens is 4. The molecular weight excluding hydrogens is 292 g/mol. The summed E-state index contributed by atoms with van der Waals surface area (Å²) in [7, 11) is 0. The third-order valence-corrected chi connectivity index (χ3v) is 3.37. The van der Waals surface area contributed by atoms with Crippen molar-refractivity contribution in [3.63, 3.8) is 0 Å². The minimum Gasteiger partial charge on any atom is -0.340 e. The summed E-state index contributed by atoms with van der Waals surface area (Å²) in [6.07, 6.45) is 1.98. The Kier molecular flexibility index (Phi) is 5.24. The molecule has 0 radical (unpaired) electrons. The van der Waals surface area contributed by atoms with Crippen molar-refractivity contribution in [2.45, 2.75) is 6.42 Å². The zero-order valence-electron chi connectivity index (χ0n) is 11.5. The highest BCUT2D eigenvalue weighted by Crippen LogP contribution is 2.09. The van der Waals surface area contributed by atoms with Gasteiger partial charge in [-0.05, 0) is 28.1 Å². The van der Waals surface area contributed by atoms with Gasteiger partial charge >= 0.3 is 0 Å². The third-order valence-electron chi connectivity index (χ3n) is 3.37. The Bertz CT molecular complexity index is 565. The van der Waals surface area contributed by atoms with Crippen LogP contribution in [-0.4, -0.2) is 57.2 Å². The van der Waals surface area contributed by atoms with E-state index < -0.39 is 0 Å². The van der Waals surface area contributed by atoms with Crippen molar-refractivity contribution in [2.75, 3.05) is 26.2 Å². The predicted molar refractivity (Wildman–Crippen MR) is 79.6 cm³/mol. The van der Waals surface area contributed by atoms with E-state index in [0.29, 0.717) is 6.42 Å². The molecular formula is C13H17ClN6O. The van der Waals surface area contributed by atoms with Crippen LogP contribution < -0.4 is 5.32 Å². The number of carbonyl (C=O) groups excluding carboxylic acids is 1. The summed E-state index contributed by atoms with van der Waals surface area (Å²) < 4.78 is 1.59. The molecule has 0 aliphatic carbocycles. The molecule has 8 heteroatoms. The number of tetrazole rings is 1. The number of benzene rings is 1. The fourth-order valence-electron chi connectivity index (χ4n) is 2.25. The minimum absolute atomic E-state index is 0.